The summed E-state index contributed by atoms with van der Waals surface area (Å²) in [7, 11) is 0. The standard InChI is InChI=1S/C23H24ClN5O2/c1-15-14-16(2)29(27-15)20-9-8-19(24)21(26-20)23(31)28-12-10-18(11-13-28)25-22(30)17-6-4-3-5-7-17/h3-9,14,18H,10-13H2,1-2H3,(H,25,30). The summed E-state index contributed by atoms with van der Waals surface area (Å²) in [6.07, 6.45) is 1.36. The fraction of sp³-hybridized carbons (Fsp3) is 0.304. The summed E-state index contributed by atoms with van der Waals surface area (Å²) < 4.78 is 1.70. The highest BCUT2D eigenvalue weighted by Crippen LogP contribution is 2.21. The molecule has 0 aliphatic carbocycles. The summed E-state index contributed by atoms with van der Waals surface area (Å²) >= 11 is 6.31. The van der Waals surface area contributed by atoms with Crippen LogP contribution in [0.15, 0.2) is 48.5 Å². The van der Waals surface area contributed by atoms with Gasteiger partial charge in [-0.1, -0.05) is 29.8 Å². The third-order valence-electron chi connectivity index (χ3n) is 5.41. The van der Waals surface area contributed by atoms with Gasteiger partial charge >= 0.3 is 0 Å². The Bertz CT molecular complexity index is 1100. The number of likely N-dealkylation sites (tertiary alicyclic amines) is 1. The normalized spacial score (nSPS) is 14.5. The molecule has 7 nitrogen and oxygen atoms in total. The molecule has 2 aromatic heterocycles. The highest BCUT2D eigenvalue weighted by Gasteiger charge is 2.27. The van der Waals surface area contributed by atoms with Crippen LogP contribution in [0.25, 0.3) is 5.82 Å². The van der Waals surface area contributed by atoms with Gasteiger partial charge in [0.25, 0.3) is 11.8 Å². The summed E-state index contributed by atoms with van der Waals surface area (Å²) in [5, 5.41) is 7.80. The van der Waals surface area contributed by atoms with Crippen molar-refractivity contribution < 1.29 is 9.59 Å². The lowest BCUT2D eigenvalue weighted by Crippen LogP contribution is -2.46. The number of aromatic nitrogens is 3. The van der Waals surface area contributed by atoms with Gasteiger partial charge in [-0.25, -0.2) is 9.67 Å². The summed E-state index contributed by atoms with van der Waals surface area (Å²) in [4.78, 5) is 31.7. The first kappa shape index (κ1) is 21.1. The smallest absolute Gasteiger partial charge is 0.274 e. The maximum absolute atomic E-state index is 13.1. The fourth-order valence-corrected chi connectivity index (χ4v) is 3.98. The van der Waals surface area contributed by atoms with Crippen molar-refractivity contribution in [3.05, 3.63) is 76.2 Å². The van der Waals surface area contributed by atoms with Gasteiger partial charge in [-0.2, -0.15) is 5.10 Å². The molecule has 2 amide bonds. The lowest BCUT2D eigenvalue weighted by atomic mass is 10.0. The first-order valence-corrected chi connectivity index (χ1v) is 10.7. The molecule has 8 heteroatoms. The van der Waals surface area contributed by atoms with Crippen molar-refractivity contribution in [2.75, 3.05) is 13.1 Å². The molecular weight excluding hydrogens is 414 g/mol. The fourth-order valence-electron chi connectivity index (χ4n) is 3.80. The van der Waals surface area contributed by atoms with Gasteiger partial charge in [0.1, 0.15) is 5.69 Å². The molecule has 1 N–H and O–H groups in total. The Labute approximate surface area is 186 Å². The lowest BCUT2D eigenvalue weighted by Gasteiger charge is -2.32. The molecule has 0 spiro atoms. The number of hydrogen-bond acceptors (Lipinski definition) is 4. The number of carbonyl (C=O) groups excluding carboxylic acids is 2. The highest BCUT2D eigenvalue weighted by atomic mass is 35.5. The summed E-state index contributed by atoms with van der Waals surface area (Å²) in [6, 6.07) is 14.6. The van der Waals surface area contributed by atoms with Crippen molar-refractivity contribution in [2.24, 2.45) is 0 Å². The third kappa shape index (κ3) is 4.61. The van der Waals surface area contributed by atoms with E-state index in [4.69, 9.17) is 11.6 Å². The molecule has 1 aromatic carbocycles. The molecule has 1 saturated heterocycles. The van der Waals surface area contributed by atoms with E-state index in [2.05, 4.69) is 15.4 Å². The van der Waals surface area contributed by atoms with Gasteiger partial charge in [-0.05, 0) is 57.0 Å². The average molecular weight is 438 g/mol. The largest absolute Gasteiger partial charge is 0.349 e. The van der Waals surface area contributed by atoms with E-state index in [1.165, 1.54) is 0 Å². The van der Waals surface area contributed by atoms with Crippen LogP contribution in [0.2, 0.25) is 5.02 Å². The van der Waals surface area contributed by atoms with Crippen LogP contribution in [0.4, 0.5) is 0 Å². The van der Waals surface area contributed by atoms with Crippen LogP contribution in [0.1, 0.15) is 45.1 Å². The van der Waals surface area contributed by atoms with Crippen LogP contribution in [0.3, 0.4) is 0 Å². The molecule has 3 aromatic rings. The van der Waals surface area contributed by atoms with Crippen molar-refractivity contribution in [3.63, 3.8) is 0 Å². The Kier molecular flexibility index (Phi) is 6.04. The number of nitrogens with one attached hydrogen (secondary N) is 1. The Morgan fingerprint density at radius 2 is 1.77 bits per heavy atom. The lowest BCUT2D eigenvalue weighted by molar-refractivity contribution is 0.0692. The zero-order valence-corrected chi connectivity index (χ0v) is 18.3. The van der Waals surface area contributed by atoms with Crippen molar-refractivity contribution in [1.82, 2.24) is 25.0 Å². The number of rotatable bonds is 4. The monoisotopic (exact) mass is 437 g/mol. The van der Waals surface area contributed by atoms with E-state index in [0.717, 1.165) is 11.4 Å². The van der Waals surface area contributed by atoms with E-state index in [1.807, 2.05) is 38.1 Å². The second-order valence-electron chi connectivity index (χ2n) is 7.74. The number of nitrogens with zero attached hydrogens (tertiary/aromatic N) is 4. The van der Waals surface area contributed by atoms with Crippen LogP contribution >= 0.6 is 11.6 Å². The molecular formula is C23H24ClN5O2. The molecule has 0 bridgehead atoms. The van der Waals surface area contributed by atoms with Gasteiger partial charge in [0, 0.05) is 30.4 Å². The van der Waals surface area contributed by atoms with Crippen LogP contribution in [-0.4, -0.2) is 50.6 Å². The van der Waals surface area contributed by atoms with Gasteiger partial charge in [-0.15, -0.1) is 0 Å². The highest BCUT2D eigenvalue weighted by molar-refractivity contribution is 6.33. The minimum atomic E-state index is -0.207. The Morgan fingerprint density at radius 1 is 1.06 bits per heavy atom. The third-order valence-corrected chi connectivity index (χ3v) is 5.72. The Balaban J connectivity index is 1.42. The Hall–Kier alpha value is -3.19. The van der Waals surface area contributed by atoms with E-state index in [1.54, 1.807) is 33.8 Å². The van der Waals surface area contributed by atoms with Crippen LogP contribution in [0, 0.1) is 13.8 Å². The van der Waals surface area contributed by atoms with Gasteiger partial charge in [0.15, 0.2) is 5.82 Å². The first-order valence-electron chi connectivity index (χ1n) is 10.3. The molecule has 0 saturated carbocycles. The predicted octanol–water partition coefficient (Wildman–Crippen LogP) is 3.57. The number of benzene rings is 1. The SMILES string of the molecule is Cc1cc(C)n(-c2ccc(Cl)c(C(=O)N3CCC(NC(=O)c4ccccc4)CC3)n2)n1. The van der Waals surface area contributed by atoms with Gasteiger partial charge in [0.05, 0.1) is 10.7 Å². The quantitative estimate of drug-likeness (QED) is 0.676. The van der Waals surface area contributed by atoms with Crippen molar-refractivity contribution in [3.8, 4) is 5.82 Å². The molecule has 160 valence electrons. The van der Waals surface area contributed by atoms with Crippen molar-refractivity contribution in [1.29, 1.82) is 0 Å². The second kappa shape index (κ2) is 8.89. The molecule has 31 heavy (non-hydrogen) atoms. The zero-order chi connectivity index (χ0) is 22.0. The number of amides is 2. The van der Waals surface area contributed by atoms with Gasteiger partial charge in [-0.3, -0.25) is 9.59 Å². The minimum Gasteiger partial charge on any atom is -0.349 e. The maximum atomic E-state index is 13.1. The van der Waals surface area contributed by atoms with Gasteiger partial charge < -0.3 is 10.2 Å². The number of carbonyl (C=O) groups is 2. The minimum absolute atomic E-state index is 0.0289. The molecule has 0 unspecified atom stereocenters. The molecule has 3 heterocycles. The van der Waals surface area contributed by atoms with Crippen LogP contribution in [-0.2, 0) is 0 Å². The molecule has 0 radical (unpaired) electrons. The van der Waals surface area contributed by atoms with E-state index in [-0.39, 0.29) is 23.6 Å². The van der Waals surface area contributed by atoms with Crippen molar-refractivity contribution in [2.45, 2.75) is 32.7 Å². The van der Waals surface area contributed by atoms with E-state index >= 15 is 0 Å². The number of piperidine rings is 1. The van der Waals surface area contributed by atoms with E-state index < -0.39 is 0 Å². The second-order valence-corrected chi connectivity index (χ2v) is 8.15. The van der Waals surface area contributed by atoms with Crippen LogP contribution in [0.5, 0.6) is 0 Å². The van der Waals surface area contributed by atoms with E-state index in [0.29, 0.717) is 42.3 Å². The zero-order valence-electron chi connectivity index (χ0n) is 17.5. The summed E-state index contributed by atoms with van der Waals surface area (Å²) in [6.45, 7) is 4.90. The Morgan fingerprint density at radius 3 is 2.42 bits per heavy atom. The van der Waals surface area contributed by atoms with Crippen LogP contribution < -0.4 is 5.32 Å². The average Bonchev–Trinajstić information content (AvgIpc) is 3.12. The van der Waals surface area contributed by atoms with E-state index in [9.17, 15) is 9.59 Å². The molecule has 4 rings (SSSR count). The summed E-state index contributed by atoms with van der Waals surface area (Å²) in [5.74, 6) is 0.261. The number of halogens is 1. The van der Waals surface area contributed by atoms with Crippen molar-refractivity contribution >= 4 is 23.4 Å². The maximum Gasteiger partial charge on any atom is 0.274 e. The summed E-state index contributed by atoms with van der Waals surface area (Å²) in [5.41, 5.74) is 2.67. The number of pyridine rings is 1. The molecule has 1 fully saturated rings. The number of hydrogen-bond donors (Lipinski definition) is 1. The first-order chi connectivity index (χ1) is 14.9. The number of aryl methyl sites for hydroxylation is 2. The molecule has 1 aliphatic heterocycles. The topological polar surface area (TPSA) is 80.1 Å². The van der Waals surface area contributed by atoms with Gasteiger partial charge in [0.2, 0.25) is 0 Å². The predicted molar refractivity (Wildman–Crippen MR) is 119 cm³/mol. The molecule has 0 atom stereocenters. The molecule has 1 aliphatic rings.